The van der Waals surface area contributed by atoms with Gasteiger partial charge in [0, 0.05) is 17.3 Å². The van der Waals surface area contributed by atoms with E-state index in [1.165, 1.54) is 12.1 Å². The lowest BCUT2D eigenvalue weighted by molar-refractivity contribution is 0.0919. The van der Waals surface area contributed by atoms with Crippen LogP contribution >= 0.6 is 0 Å². The molecule has 0 atom stereocenters. The molecule has 1 aromatic heterocycles. The monoisotopic (exact) mass is 347 g/mol. The number of nitrogens with zero attached hydrogens (tertiary/aromatic N) is 1. The van der Waals surface area contributed by atoms with Gasteiger partial charge in [0.25, 0.3) is 5.91 Å². The molecule has 24 heavy (non-hydrogen) atoms. The molecule has 0 saturated carbocycles. The SMILES string of the molecule is CC(C)(C)NC(=O)c1cccc(S(=O)(=O)NCc2ccccn2)c1. The third-order valence-electron chi connectivity index (χ3n) is 3.06. The molecule has 2 N–H and O–H groups in total. The molecule has 0 aliphatic carbocycles. The fourth-order valence-corrected chi connectivity index (χ4v) is 3.02. The topological polar surface area (TPSA) is 88.2 Å². The van der Waals surface area contributed by atoms with Crippen molar-refractivity contribution < 1.29 is 13.2 Å². The summed E-state index contributed by atoms with van der Waals surface area (Å²) in [7, 11) is -3.73. The highest BCUT2D eigenvalue weighted by Gasteiger charge is 2.19. The first-order valence-electron chi connectivity index (χ1n) is 7.49. The Morgan fingerprint density at radius 2 is 1.88 bits per heavy atom. The maximum absolute atomic E-state index is 12.4. The van der Waals surface area contributed by atoms with Gasteiger partial charge in [0.05, 0.1) is 17.1 Å². The van der Waals surface area contributed by atoms with E-state index < -0.39 is 15.6 Å². The van der Waals surface area contributed by atoms with Gasteiger partial charge in [-0.15, -0.1) is 0 Å². The lowest BCUT2D eigenvalue weighted by Crippen LogP contribution is -2.40. The number of rotatable bonds is 5. The first kappa shape index (κ1) is 18.1. The zero-order valence-electron chi connectivity index (χ0n) is 13.9. The van der Waals surface area contributed by atoms with Gasteiger partial charge in [-0.1, -0.05) is 12.1 Å². The standard InChI is InChI=1S/C17H21N3O3S/c1-17(2,3)20-16(21)13-7-6-9-15(11-13)24(22,23)19-12-14-8-4-5-10-18-14/h4-11,19H,12H2,1-3H3,(H,20,21). The van der Waals surface area contributed by atoms with Crippen molar-refractivity contribution in [3.63, 3.8) is 0 Å². The highest BCUT2D eigenvalue weighted by atomic mass is 32.2. The summed E-state index contributed by atoms with van der Waals surface area (Å²) in [5, 5.41) is 2.81. The van der Waals surface area contributed by atoms with E-state index in [0.29, 0.717) is 11.3 Å². The summed E-state index contributed by atoms with van der Waals surface area (Å²) in [5.41, 5.74) is 0.511. The van der Waals surface area contributed by atoms with Crippen LogP contribution in [0, 0.1) is 0 Å². The van der Waals surface area contributed by atoms with Gasteiger partial charge in [-0.3, -0.25) is 9.78 Å². The van der Waals surface area contributed by atoms with Crippen LogP contribution in [0.25, 0.3) is 0 Å². The van der Waals surface area contributed by atoms with Crippen molar-refractivity contribution in [3.8, 4) is 0 Å². The largest absolute Gasteiger partial charge is 0.347 e. The fraction of sp³-hybridized carbons (Fsp3) is 0.294. The molecule has 2 aromatic rings. The van der Waals surface area contributed by atoms with Crippen LogP contribution in [0.2, 0.25) is 0 Å². The Bertz CT molecular complexity index is 812. The summed E-state index contributed by atoms with van der Waals surface area (Å²) in [6.07, 6.45) is 1.60. The Balaban J connectivity index is 2.16. The van der Waals surface area contributed by atoms with Crippen molar-refractivity contribution in [3.05, 3.63) is 59.9 Å². The molecule has 0 saturated heterocycles. The van der Waals surface area contributed by atoms with Gasteiger partial charge in [-0.25, -0.2) is 13.1 Å². The van der Waals surface area contributed by atoms with E-state index in [2.05, 4.69) is 15.0 Å². The van der Waals surface area contributed by atoms with Gasteiger partial charge in [0.15, 0.2) is 0 Å². The number of carbonyl (C=O) groups is 1. The molecule has 128 valence electrons. The van der Waals surface area contributed by atoms with E-state index in [1.54, 1.807) is 36.5 Å². The molecule has 0 aliphatic rings. The van der Waals surface area contributed by atoms with E-state index in [4.69, 9.17) is 0 Å². The molecular weight excluding hydrogens is 326 g/mol. The highest BCUT2D eigenvalue weighted by molar-refractivity contribution is 7.89. The molecule has 2 rings (SSSR count). The highest BCUT2D eigenvalue weighted by Crippen LogP contribution is 2.13. The minimum Gasteiger partial charge on any atom is -0.347 e. The molecule has 7 heteroatoms. The minimum absolute atomic E-state index is 0.0417. The first-order valence-corrected chi connectivity index (χ1v) is 8.98. The summed E-state index contributed by atoms with van der Waals surface area (Å²) < 4.78 is 27.3. The normalized spacial score (nSPS) is 12.0. The van der Waals surface area contributed by atoms with Gasteiger partial charge in [-0.2, -0.15) is 0 Å². The van der Waals surface area contributed by atoms with Crippen LogP contribution in [-0.4, -0.2) is 24.8 Å². The maximum Gasteiger partial charge on any atom is 0.251 e. The Hall–Kier alpha value is -2.25. The van der Waals surface area contributed by atoms with Gasteiger partial charge < -0.3 is 5.32 Å². The second kappa shape index (κ2) is 7.11. The molecule has 0 unspecified atom stereocenters. The molecule has 0 fully saturated rings. The number of benzene rings is 1. The molecule has 1 aromatic carbocycles. The molecule has 0 radical (unpaired) electrons. The Labute approximate surface area is 142 Å². The number of pyridine rings is 1. The van der Waals surface area contributed by atoms with Crippen molar-refractivity contribution in [2.75, 3.05) is 0 Å². The smallest absolute Gasteiger partial charge is 0.251 e. The molecule has 0 aliphatic heterocycles. The van der Waals surface area contributed by atoms with Gasteiger partial charge in [0.1, 0.15) is 0 Å². The van der Waals surface area contributed by atoms with E-state index in [1.807, 2.05) is 20.8 Å². The number of nitrogens with one attached hydrogen (secondary N) is 2. The van der Waals surface area contributed by atoms with Crippen LogP contribution in [0.4, 0.5) is 0 Å². The summed E-state index contributed by atoms with van der Waals surface area (Å²) in [4.78, 5) is 16.3. The maximum atomic E-state index is 12.4. The van der Waals surface area contributed by atoms with Gasteiger partial charge >= 0.3 is 0 Å². The number of hydrogen-bond acceptors (Lipinski definition) is 4. The van der Waals surface area contributed by atoms with Crippen LogP contribution < -0.4 is 10.0 Å². The average molecular weight is 347 g/mol. The Morgan fingerprint density at radius 1 is 1.12 bits per heavy atom. The van der Waals surface area contributed by atoms with E-state index in [9.17, 15) is 13.2 Å². The van der Waals surface area contributed by atoms with Crippen LogP contribution in [-0.2, 0) is 16.6 Å². The average Bonchev–Trinajstić information content (AvgIpc) is 2.53. The molecule has 1 heterocycles. The Kier molecular flexibility index (Phi) is 5.36. The predicted molar refractivity (Wildman–Crippen MR) is 91.9 cm³/mol. The van der Waals surface area contributed by atoms with Crippen LogP contribution in [0.5, 0.6) is 0 Å². The third kappa shape index (κ3) is 5.14. The summed E-state index contributed by atoms with van der Waals surface area (Å²) in [5.74, 6) is -0.315. The van der Waals surface area contributed by atoms with E-state index >= 15 is 0 Å². The van der Waals surface area contributed by atoms with E-state index in [-0.39, 0.29) is 17.3 Å². The second-order valence-corrected chi connectivity index (χ2v) is 8.14. The number of amides is 1. The summed E-state index contributed by atoms with van der Waals surface area (Å²) in [6, 6.07) is 11.2. The third-order valence-corrected chi connectivity index (χ3v) is 4.46. The van der Waals surface area contributed by atoms with Crippen LogP contribution in [0.3, 0.4) is 0 Å². The van der Waals surface area contributed by atoms with Crippen molar-refractivity contribution in [1.29, 1.82) is 0 Å². The van der Waals surface area contributed by atoms with Crippen molar-refractivity contribution in [2.45, 2.75) is 37.8 Å². The van der Waals surface area contributed by atoms with Crippen LogP contribution in [0.1, 0.15) is 36.8 Å². The first-order chi connectivity index (χ1) is 11.2. The molecule has 6 nitrogen and oxygen atoms in total. The molecular formula is C17H21N3O3S. The van der Waals surface area contributed by atoms with E-state index in [0.717, 1.165) is 0 Å². The molecule has 1 amide bonds. The summed E-state index contributed by atoms with van der Waals surface area (Å²) >= 11 is 0. The van der Waals surface area contributed by atoms with Crippen molar-refractivity contribution >= 4 is 15.9 Å². The Morgan fingerprint density at radius 3 is 2.50 bits per heavy atom. The molecule has 0 bridgehead atoms. The predicted octanol–water partition coefficient (Wildman–Crippen LogP) is 2.09. The fourth-order valence-electron chi connectivity index (χ4n) is 1.97. The number of carbonyl (C=O) groups excluding carboxylic acids is 1. The number of hydrogen-bond donors (Lipinski definition) is 2. The quantitative estimate of drug-likeness (QED) is 0.867. The van der Waals surface area contributed by atoms with Crippen molar-refractivity contribution in [1.82, 2.24) is 15.0 Å². The number of aromatic nitrogens is 1. The number of sulfonamides is 1. The zero-order valence-corrected chi connectivity index (χ0v) is 14.7. The van der Waals surface area contributed by atoms with Crippen molar-refractivity contribution in [2.24, 2.45) is 0 Å². The molecule has 0 spiro atoms. The van der Waals surface area contributed by atoms with Gasteiger partial charge in [-0.05, 0) is 51.1 Å². The lowest BCUT2D eigenvalue weighted by atomic mass is 10.1. The second-order valence-electron chi connectivity index (χ2n) is 6.38. The van der Waals surface area contributed by atoms with Crippen LogP contribution in [0.15, 0.2) is 53.6 Å². The van der Waals surface area contributed by atoms with Gasteiger partial charge in [0.2, 0.25) is 10.0 Å². The lowest BCUT2D eigenvalue weighted by Gasteiger charge is -2.20. The minimum atomic E-state index is -3.73. The summed E-state index contributed by atoms with van der Waals surface area (Å²) in [6.45, 7) is 5.67. The zero-order chi connectivity index (χ0) is 17.8.